The molecule has 0 saturated heterocycles. The van der Waals surface area contributed by atoms with Crippen LogP contribution in [-0.4, -0.2) is 11.7 Å². The van der Waals surface area contributed by atoms with Crippen LogP contribution in [0, 0.1) is 0 Å². The van der Waals surface area contributed by atoms with Gasteiger partial charge in [-0.15, -0.1) is 6.58 Å². The number of phenols is 1. The van der Waals surface area contributed by atoms with E-state index in [9.17, 15) is 9.90 Å². The molecule has 128 valence electrons. The van der Waals surface area contributed by atoms with Crippen LogP contribution >= 0.6 is 0 Å². The molecule has 3 rings (SSSR count). The quantitative estimate of drug-likeness (QED) is 0.492. The summed E-state index contributed by atoms with van der Waals surface area (Å²) in [5.41, 5.74) is 1.56. The SMILES string of the molecule is C=CCCCCOc1ccc2c(=O)c(-c3ccc(O)cc3)coc2c1. The van der Waals surface area contributed by atoms with Crippen LogP contribution in [0.5, 0.6) is 11.5 Å². The van der Waals surface area contributed by atoms with Gasteiger partial charge >= 0.3 is 0 Å². The van der Waals surface area contributed by atoms with Crippen LogP contribution in [0.2, 0.25) is 0 Å². The number of benzene rings is 2. The maximum absolute atomic E-state index is 12.7. The largest absolute Gasteiger partial charge is 0.508 e. The Hall–Kier alpha value is -3.01. The Labute approximate surface area is 146 Å². The third-order valence-electron chi connectivity index (χ3n) is 4.00. The van der Waals surface area contributed by atoms with Crippen molar-refractivity contribution in [1.29, 1.82) is 0 Å². The van der Waals surface area contributed by atoms with Gasteiger partial charge in [0.15, 0.2) is 5.43 Å². The molecule has 0 aliphatic carbocycles. The smallest absolute Gasteiger partial charge is 0.200 e. The summed E-state index contributed by atoms with van der Waals surface area (Å²) in [5.74, 6) is 0.843. The maximum Gasteiger partial charge on any atom is 0.200 e. The Balaban J connectivity index is 1.82. The maximum atomic E-state index is 12.7. The Morgan fingerprint density at radius 1 is 1.12 bits per heavy atom. The van der Waals surface area contributed by atoms with E-state index in [4.69, 9.17) is 9.15 Å². The molecule has 0 aliphatic heterocycles. The number of hydrogen-bond acceptors (Lipinski definition) is 4. The molecule has 4 heteroatoms. The zero-order chi connectivity index (χ0) is 17.6. The molecule has 0 atom stereocenters. The van der Waals surface area contributed by atoms with Crippen molar-refractivity contribution in [2.45, 2.75) is 19.3 Å². The van der Waals surface area contributed by atoms with E-state index >= 15 is 0 Å². The molecule has 0 saturated carbocycles. The van der Waals surface area contributed by atoms with E-state index in [1.165, 1.54) is 6.26 Å². The predicted octanol–water partition coefficient (Wildman–Crippen LogP) is 4.90. The first-order valence-corrected chi connectivity index (χ1v) is 8.27. The summed E-state index contributed by atoms with van der Waals surface area (Å²) in [6.07, 6.45) is 6.33. The number of allylic oxidation sites excluding steroid dienone is 1. The van der Waals surface area contributed by atoms with E-state index in [2.05, 4.69) is 6.58 Å². The summed E-state index contributed by atoms with van der Waals surface area (Å²) in [5, 5.41) is 9.88. The fourth-order valence-electron chi connectivity index (χ4n) is 2.62. The fraction of sp³-hybridized carbons (Fsp3) is 0.190. The first-order chi connectivity index (χ1) is 12.2. The molecule has 1 heterocycles. The van der Waals surface area contributed by atoms with Gasteiger partial charge in [-0.3, -0.25) is 4.79 Å². The van der Waals surface area contributed by atoms with Gasteiger partial charge in [0.2, 0.25) is 0 Å². The molecule has 0 amide bonds. The third-order valence-corrected chi connectivity index (χ3v) is 4.00. The molecule has 0 fully saturated rings. The van der Waals surface area contributed by atoms with Gasteiger partial charge in [0.1, 0.15) is 23.3 Å². The molecule has 0 aliphatic rings. The van der Waals surface area contributed by atoms with Gasteiger partial charge in [-0.05, 0) is 49.1 Å². The van der Waals surface area contributed by atoms with Crippen LogP contribution in [0.25, 0.3) is 22.1 Å². The Morgan fingerprint density at radius 3 is 2.68 bits per heavy atom. The van der Waals surface area contributed by atoms with Crippen LogP contribution in [-0.2, 0) is 0 Å². The van der Waals surface area contributed by atoms with E-state index in [0.29, 0.717) is 34.5 Å². The van der Waals surface area contributed by atoms with E-state index < -0.39 is 0 Å². The van der Waals surface area contributed by atoms with Crippen LogP contribution in [0.1, 0.15) is 19.3 Å². The molecular weight excluding hydrogens is 316 g/mol. The van der Waals surface area contributed by atoms with Crippen molar-refractivity contribution in [2.75, 3.05) is 6.61 Å². The van der Waals surface area contributed by atoms with Gasteiger partial charge in [0, 0.05) is 6.07 Å². The summed E-state index contributed by atoms with van der Waals surface area (Å²) in [6.45, 7) is 4.32. The summed E-state index contributed by atoms with van der Waals surface area (Å²) < 4.78 is 11.3. The van der Waals surface area contributed by atoms with Crippen molar-refractivity contribution < 1.29 is 14.3 Å². The second kappa shape index (κ2) is 7.71. The van der Waals surface area contributed by atoms with Crippen LogP contribution in [0.4, 0.5) is 0 Å². The normalized spacial score (nSPS) is 10.7. The standard InChI is InChI=1S/C21H20O4/c1-2-3-4-5-12-24-17-10-11-18-20(13-17)25-14-19(21(18)23)15-6-8-16(22)9-7-15/h2,6-11,13-14,22H,1,3-5,12H2. The van der Waals surface area contributed by atoms with Gasteiger partial charge in [-0.1, -0.05) is 18.2 Å². The van der Waals surface area contributed by atoms with Crippen LogP contribution < -0.4 is 10.2 Å². The second-order valence-electron chi connectivity index (χ2n) is 5.82. The number of aromatic hydroxyl groups is 1. The lowest BCUT2D eigenvalue weighted by Gasteiger charge is -2.07. The number of phenolic OH excluding ortho intramolecular Hbond substituents is 1. The predicted molar refractivity (Wildman–Crippen MR) is 99.1 cm³/mol. The minimum absolute atomic E-state index is 0.107. The highest BCUT2D eigenvalue weighted by Crippen LogP contribution is 2.24. The van der Waals surface area contributed by atoms with Crippen molar-refractivity contribution in [2.24, 2.45) is 0 Å². The molecule has 0 bridgehead atoms. The Bertz CT molecular complexity index is 923. The van der Waals surface area contributed by atoms with Gasteiger partial charge in [-0.25, -0.2) is 0 Å². The molecular formula is C21H20O4. The third kappa shape index (κ3) is 3.91. The highest BCUT2D eigenvalue weighted by molar-refractivity contribution is 5.82. The zero-order valence-corrected chi connectivity index (χ0v) is 13.9. The summed E-state index contributed by atoms with van der Waals surface area (Å²) >= 11 is 0. The fourth-order valence-corrected chi connectivity index (χ4v) is 2.62. The summed E-state index contributed by atoms with van der Waals surface area (Å²) in [7, 11) is 0. The van der Waals surface area contributed by atoms with E-state index in [1.807, 2.05) is 6.08 Å². The van der Waals surface area contributed by atoms with Crippen molar-refractivity contribution in [3.8, 4) is 22.6 Å². The average molecular weight is 336 g/mol. The van der Waals surface area contributed by atoms with Crippen LogP contribution in [0.3, 0.4) is 0 Å². The van der Waals surface area contributed by atoms with Gasteiger partial charge in [-0.2, -0.15) is 0 Å². The van der Waals surface area contributed by atoms with Crippen molar-refractivity contribution in [3.05, 3.63) is 71.6 Å². The molecule has 0 spiro atoms. The zero-order valence-electron chi connectivity index (χ0n) is 13.9. The average Bonchev–Trinajstić information content (AvgIpc) is 2.63. The monoisotopic (exact) mass is 336 g/mol. The minimum atomic E-state index is -0.107. The van der Waals surface area contributed by atoms with E-state index in [-0.39, 0.29) is 11.2 Å². The topological polar surface area (TPSA) is 59.7 Å². The first kappa shape index (κ1) is 16.8. The molecule has 0 radical (unpaired) electrons. The number of ether oxygens (including phenoxy) is 1. The minimum Gasteiger partial charge on any atom is -0.508 e. The van der Waals surface area contributed by atoms with Crippen molar-refractivity contribution in [1.82, 2.24) is 0 Å². The molecule has 3 aromatic rings. The molecule has 0 unspecified atom stereocenters. The molecule has 2 aromatic carbocycles. The lowest BCUT2D eigenvalue weighted by atomic mass is 10.1. The number of hydrogen-bond donors (Lipinski definition) is 1. The molecule has 25 heavy (non-hydrogen) atoms. The Morgan fingerprint density at radius 2 is 1.92 bits per heavy atom. The lowest BCUT2D eigenvalue weighted by Crippen LogP contribution is -2.05. The number of unbranched alkanes of at least 4 members (excludes halogenated alkanes) is 2. The molecule has 1 N–H and O–H groups in total. The van der Waals surface area contributed by atoms with Crippen LogP contribution in [0.15, 0.2) is 70.6 Å². The van der Waals surface area contributed by atoms with Gasteiger partial charge in [0.25, 0.3) is 0 Å². The lowest BCUT2D eigenvalue weighted by molar-refractivity contribution is 0.307. The van der Waals surface area contributed by atoms with Crippen molar-refractivity contribution >= 4 is 11.0 Å². The van der Waals surface area contributed by atoms with Gasteiger partial charge in [0.05, 0.1) is 17.6 Å². The Kier molecular flexibility index (Phi) is 5.19. The second-order valence-corrected chi connectivity index (χ2v) is 5.82. The van der Waals surface area contributed by atoms with E-state index in [1.54, 1.807) is 42.5 Å². The summed E-state index contributed by atoms with van der Waals surface area (Å²) in [4.78, 5) is 12.7. The number of fused-ring (bicyclic) bond motifs is 1. The number of rotatable bonds is 7. The highest BCUT2D eigenvalue weighted by atomic mass is 16.5. The van der Waals surface area contributed by atoms with Crippen molar-refractivity contribution in [3.63, 3.8) is 0 Å². The summed E-state index contributed by atoms with van der Waals surface area (Å²) in [6, 6.07) is 11.7. The molecule has 1 aromatic heterocycles. The molecule has 4 nitrogen and oxygen atoms in total. The highest BCUT2D eigenvalue weighted by Gasteiger charge is 2.10. The van der Waals surface area contributed by atoms with E-state index in [0.717, 1.165) is 19.3 Å². The first-order valence-electron chi connectivity index (χ1n) is 8.27. The van der Waals surface area contributed by atoms with Gasteiger partial charge < -0.3 is 14.3 Å².